The van der Waals surface area contributed by atoms with Crippen LogP contribution in [-0.4, -0.2) is 31.2 Å². The summed E-state index contributed by atoms with van der Waals surface area (Å²) in [5, 5.41) is 0. The number of nitrogens with zero attached hydrogens (tertiary/aromatic N) is 1. The van der Waals surface area contributed by atoms with Gasteiger partial charge in [-0.25, -0.2) is 0 Å². The molecule has 0 saturated carbocycles. The molecular formula is C11H14BrNOZn. The van der Waals surface area contributed by atoms with E-state index in [-0.39, 0.29) is 0 Å². The van der Waals surface area contributed by atoms with Gasteiger partial charge >= 0.3 is 30.0 Å². The number of hydrogen-bond donors (Lipinski definition) is 0. The third-order valence-electron chi connectivity index (χ3n) is 2.27. The van der Waals surface area contributed by atoms with Gasteiger partial charge < -0.3 is 4.74 Å². The monoisotopic (exact) mass is 319 g/mol. The van der Waals surface area contributed by atoms with Crippen molar-refractivity contribution in [2.75, 3.05) is 26.3 Å². The second-order valence-corrected chi connectivity index (χ2v) is 3.28. The molecule has 0 spiro atoms. The molecule has 2 rings (SSSR count). The molecule has 0 bridgehead atoms. The fourth-order valence-electron chi connectivity index (χ4n) is 1.53. The van der Waals surface area contributed by atoms with Crippen molar-refractivity contribution in [2.45, 2.75) is 6.54 Å². The van der Waals surface area contributed by atoms with Crippen molar-refractivity contribution in [3.05, 3.63) is 35.9 Å². The van der Waals surface area contributed by atoms with Crippen LogP contribution in [0.3, 0.4) is 0 Å². The van der Waals surface area contributed by atoms with Crippen LogP contribution in [0.15, 0.2) is 24.3 Å². The van der Waals surface area contributed by atoms with Gasteiger partial charge in [0.1, 0.15) is 0 Å². The molecular weight excluding hydrogens is 307 g/mol. The maximum atomic E-state index is 5.29. The first kappa shape index (κ1) is 13.3. The van der Waals surface area contributed by atoms with Crippen LogP contribution in [0, 0.1) is 6.07 Å². The average Bonchev–Trinajstić information content (AvgIpc) is 2.34. The molecule has 1 aromatic rings. The molecule has 0 atom stereocenters. The number of rotatable bonds is 2. The summed E-state index contributed by atoms with van der Waals surface area (Å²) in [7, 11) is 0. The van der Waals surface area contributed by atoms with E-state index >= 15 is 0 Å². The summed E-state index contributed by atoms with van der Waals surface area (Å²) < 4.78 is 5.29. The third-order valence-corrected chi connectivity index (χ3v) is 2.27. The molecule has 1 aromatic carbocycles. The Balaban J connectivity index is 0.000000531. The molecule has 1 heterocycles. The summed E-state index contributed by atoms with van der Waals surface area (Å²) in [6.45, 7) is 4.83. The molecule has 1 aliphatic rings. The van der Waals surface area contributed by atoms with Crippen LogP contribution in [0.1, 0.15) is 5.56 Å². The largest absolute Gasteiger partial charge is 0.379 e. The molecule has 2 nitrogen and oxygen atoms in total. The first-order valence-corrected chi connectivity index (χ1v) is 11.9. The van der Waals surface area contributed by atoms with Crippen molar-refractivity contribution >= 4 is 13.6 Å². The van der Waals surface area contributed by atoms with Gasteiger partial charge in [-0.3, -0.25) is 4.90 Å². The zero-order chi connectivity index (χ0) is 10.9. The van der Waals surface area contributed by atoms with Gasteiger partial charge in [0.05, 0.1) is 13.2 Å². The fraction of sp³-hybridized carbons (Fsp3) is 0.455. The molecule has 1 fully saturated rings. The molecule has 0 amide bonds. The van der Waals surface area contributed by atoms with Gasteiger partial charge in [0.15, 0.2) is 0 Å². The quantitative estimate of drug-likeness (QED) is 0.611. The van der Waals surface area contributed by atoms with Crippen LogP contribution >= 0.6 is 13.6 Å². The second-order valence-electron chi connectivity index (χ2n) is 3.28. The zero-order valence-corrected chi connectivity index (χ0v) is 13.3. The van der Waals surface area contributed by atoms with E-state index in [2.05, 4.69) is 36.7 Å². The van der Waals surface area contributed by atoms with Crippen molar-refractivity contribution < 1.29 is 21.1 Å². The normalized spacial score (nSPS) is 16.7. The summed E-state index contributed by atoms with van der Waals surface area (Å²) in [5.41, 5.74) is 1.27. The van der Waals surface area contributed by atoms with Crippen LogP contribution in [-0.2, 0) is 27.6 Å². The smallest absolute Gasteiger partial charge is 0.0594 e. The number of halogens is 1. The maximum Gasteiger partial charge on any atom is 0.0594 e. The van der Waals surface area contributed by atoms with Crippen molar-refractivity contribution in [2.24, 2.45) is 0 Å². The molecule has 1 aliphatic heterocycles. The van der Waals surface area contributed by atoms with Crippen LogP contribution in [0.25, 0.3) is 0 Å². The van der Waals surface area contributed by atoms with Crippen molar-refractivity contribution in [1.29, 1.82) is 0 Å². The molecule has 0 aromatic heterocycles. The second kappa shape index (κ2) is 8.40. The van der Waals surface area contributed by atoms with E-state index in [4.69, 9.17) is 4.74 Å². The molecule has 0 N–H and O–H groups in total. The summed E-state index contributed by atoms with van der Waals surface area (Å²) in [5.74, 6) is 0. The standard InChI is InChI=1S/C11H14NO.BrH.Zn/c1-2-4-11(5-3-1)10-12-6-8-13-9-7-12;;/h1-4H,6-10H2;1H;/q-1;;+2/p-1. The van der Waals surface area contributed by atoms with E-state index in [0.717, 1.165) is 32.8 Å². The van der Waals surface area contributed by atoms with Crippen molar-refractivity contribution in [1.82, 2.24) is 4.90 Å². The van der Waals surface area contributed by atoms with Gasteiger partial charge in [-0.2, -0.15) is 30.3 Å². The Morgan fingerprint density at radius 2 is 2.07 bits per heavy atom. The molecule has 1 saturated heterocycles. The Kier molecular flexibility index (Phi) is 7.45. The number of benzene rings is 1. The van der Waals surface area contributed by atoms with Gasteiger partial charge in [-0.1, -0.05) is 0 Å². The first-order chi connectivity index (χ1) is 7.45. The van der Waals surface area contributed by atoms with E-state index in [0.29, 0.717) is 0 Å². The van der Waals surface area contributed by atoms with E-state index in [1.54, 1.807) is 0 Å². The zero-order valence-electron chi connectivity index (χ0n) is 8.79. The minimum Gasteiger partial charge on any atom is -0.379 e. The average molecular weight is 322 g/mol. The third kappa shape index (κ3) is 5.21. The van der Waals surface area contributed by atoms with Gasteiger partial charge in [0, 0.05) is 19.6 Å². The summed E-state index contributed by atoms with van der Waals surface area (Å²) in [6, 6.07) is 11.4. The van der Waals surface area contributed by atoms with Crippen molar-refractivity contribution in [3.8, 4) is 0 Å². The molecule has 15 heavy (non-hydrogen) atoms. The molecule has 0 aliphatic carbocycles. The number of ether oxygens (including phenoxy) is 1. The van der Waals surface area contributed by atoms with Crippen LogP contribution in [0.4, 0.5) is 0 Å². The van der Waals surface area contributed by atoms with E-state index < -0.39 is 0 Å². The Labute approximate surface area is 108 Å². The molecule has 0 unspecified atom stereocenters. The Bertz CT molecular complexity index is 252. The molecule has 0 radical (unpaired) electrons. The van der Waals surface area contributed by atoms with Gasteiger partial charge in [0.25, 0.3) is 0 Å². The predicted molar refractivity (Wildman–Crippen MR) is 60.3 cm³/mol. The van der Waals surface area contributed by atoms with E-state index in [9.17, 15) is 0 Å². The molecule has 4 heteroatoms. The minimum atomic E-state index is 0.868. The molecule has 78 valence electrons. The summed E-state index contributed by atoms with van der Waals surface area (Å²) in [6.07, 6.45) is 0. The fourth-order valence-corrected chi connectivity index (χ4v) is 1.53. The van der Waals surface area contributed by atoms with Crippen LogP contribution < -0.4 is 0 Å². The summed E-state index contributed by atoms with van der Waals surface area (Å²) >= 11 is 4.25. The maximum absolute atomic E-state index is 5.29. The van der Waals surface area contributed by atoms with Crippen LogP contribution in [0.5, 0.6) is 0 Å². The van der Waals surface area contributed by atoms with Gasteiger partial charge in [-0.15, -0.1) is 5.56 Å². The SMILES string of the molecule is [Zn+][Br].[c-]1ccccc1CN1CCOCC1. The van der Waals surface area contributed by atoms with E-state index in [1.807, 2.05) is 12.1 Å². The van der Waals surface area contributed by atoms with Gasteiger partial charge in [0.2, 0.25) is 0 Å². The van der Waals surface area contributed by atoms with E-state index in [1.165, 1.54) is 21.9 Å². The Morgan fingerprint density at radius 1 is 1.33 bits per heavy atom. The Hall–Kier alpha value is 0.243. The Morgan fingerprint density at radius 3 is 2.67 bits per heavy atom. The van der Waals surface area contributed by atoms with Gasteiger partial charge in [-0.05, 0) is 0 Å². The van der Waals surface area contributed by atoms with Crippen LogP contribution in [0.2, 0.25) is 0 Å². The summed E-state index contributed by atoms with van der Waals surface area (Å²) in [4.78, 5) is 2.40. The number of hydrogen-bond acceptors (Lipinski definition) is 2. The predicted octanol–water partition coefficient (Wildman–Crippen LogP) is 2.16. The van der Waals surface area contributed by atoms with Crippen molar-refractivity contribution in [3.63, 3.8) is 0 Å². The topological polar surface area (TPSA) is 12.5 Å². The number of morpholine rings is 1. The first-order valence-electron chi connectivity index (χ1n) is 4.97. The minimum absolute atomic E-state index is 0.868.